The molecule has 2 aliphatic rings. The van der Waals surface area contributed by atoms with Gasteiger partial charge in [-0.1, -0.05) is 12.8 Å². The minimum atomic E-state index is -1.02. The van der Waals surface area contributed by atoms with Gasteiger partial charge in [-0.05, 0) is 25.7 Å². The van der Waals surface area contributed by atoms with E-state index in [4.69, 9.17) is 9.84 Å². The standard InChI is InChI=1S/C12H19NO5/c14-8-4-2-1-3-7(8)13-11(15)9-5-6-10(18-9)12(16)17/h7-10,14H,1-6H2,(H,13,15)(H,16,17). The van der Waals surface area contributed by atoms with Gasteiger partial charge in [0.15, 0.2) is 6.10 Å². The number of nitrogens with one attached hydrogen (secondary N) is 1. The molecule has 0 bridgehead atoms. The van der Waals surface area contributed by atoms with Gasteiger partial charge in [0.2, 0.25) is 5.91 Å². The van der Waals surface area contributed by atoms with Gasteiger partial charge in [-0.15, -0.1) is 0 Å². The van der Waals surface area contributed by atoms with Gasteiger partial charge < -0.3 is 20.3 Å². The van der Waals surface area contributed by atoms with E-state index in [-0.39, 0.29) is 11.9 Å². The van der Waals surface area contributed by atoms with Gasteiger partial charge in [-0.2, -0.15) is 0 Å². The number of hydrogen-bond donors (Lipinski definition) is 3. The van der Waals surface area contributed by atoms with E-state index in [9.17, 15) is 14.7 Å². The first-order valence-corrected chi connectivity index (χ1v) is 6.44. The van der Waals surface area contributed by atoms with Crippen LogP contribution in [0, 0.1) is 0 Å². The Bertz CT molecular complexity index is 332. The van der Waals surface area contributed by atoms with Crippen molar-refractivity contribution in [2.75, 3.05) is 0 Å². The predicted octanol–water partition coefficient (Wildman–Crippen LogP) is 0.0383. The van der Waals surface area contributed by atoms with Crippen LogP contribution >= 0.6 is 0 Å². The predicted molar refractivity (Wildman–Crippen MR) is 61.9 cm³/mol. The highest BCUT2D eigenvalue weighted by Gasteiger charge is 2.36. The summed E-state index contributed by atoms with van der Waals surface area (Å²) in [6.45, 7) is 0. The normalized spacial score (nSPS) is 36.3. The first-order chi connectivity index (χ1) is 8.58. The lowest BCUT2D eigenvalue weighted by molar-refractivity contribution is -0.152. The minimum Gasteiger partial charge on any atom is -0.479 e. The Morgan fingerprint density at radius 3 is 2.33 bits per heavy atom. The number of aliphatic hydroxyl groups is 1. The molecule has 3 N–H and O–H groups in total. The van der Waals surface area contributed by atoms with Crippen molar-refractivity contribution in [2.24, 2.45) is 0 Å². The van der Waals surface area contributed by atoms with E-state index in [2.05, 4.69) is 5.32 Å². The van der Waals surface area contributed by atoms with Gasteiger partial charge in [0.1, 0.15) is 6.10 Å². The molecule has 1 amide bonds. The zero-order chi connectivity index (χ0) is 13.1. The molecular formula is C12H19NO5. The Labute approximate surface area is 105 Å². The summed E-state index contributed by atoms with van der Waals surface area (Å²) in [6, 6.07) is -0.223. The number of amides is 1. The van der Waals surface area contributed by atoms with Gasteiger partial charge in [-0.25, -0.2) is 4.79 Å². The second kappa shape index (κ2) is 5.67. The van der Waals surface area contributed by atoms with E-state index >= 15 is 0 Å². The highest BCUT2D eigenvalue weighted by atomic mass is 16.5. The lowest BCUT2D eigenvalue weighted by Gasteiger charge is -2.29. The molecule has 4 unspecified atom stereocenters. The minimum absolute atomic E-state index is 0.223. The number of hydrogen-bond acceptors (Lipinski definition) is 4. The first-order valence-electron chi connectivity index (χ1n) is 6.44. The number of carbonyl (C=O) groups excluding carboxylic acids is 1. The zero-order valence-electron chi connectivity index (χ0n) is 10.2. The number of carbonyl (C=O) groups is 2. The summed E-state index contributed by atoms with van der Waals surface area (Å²) < 4.78 is 5.17. The number of aliphatic hydroxyl groups excluding tert-OH is 1. The first kappa shape index (κ1) is 13.3. The third kappa shape index (κ3) is 3.00. The molecule has 0 aromatic rings. The van der Waals surface area contributed by atoms with E-state index in [1.54, 1.807) is 0 Å². The molecule has 2 fully saturated rings. The Balaban J connectivity index is 1.83. The van der Waals surface area contributed by atoms with Crippen molar-refractivity contribution in [1.82, 2.24) is 5.32 Å². The summed E-state index contributed by atoms with van der Waals surface area (Å²) in [5, 5.41) is 21.3. The van der Waals surface area contributed by atoms with Crippen molar-refractivity contribution in [2.45, 2.75) is 62.9 Å². The largest absolute Gasteiger partial charge is 0.479 e. The third-order valence-electron chi connectivity index (χ3n) is 3.64. The molecule has 0 radical (unpaired) electrons. The fourth-order valence-corrected chi connectivity index (χ4v) is 2.57. The maximum absolute atomic E-state index is 11.9. The smallest absolute Gasteiger partial charge is 0.332 e. The van der Waals surface area contributed by atoms with Crippen molar-refractivity contribution >= 4 is 11.9 Å². The molecule has 18 heavy (non-hydrogen) atoms. The highest BCUT2D eigenvalue weighted by Crippen LogP contribution is 2.22. The van der Waals surface area contributed by atoms with E-state index in [0.29, 0.717) is 19.3 Å². The lowest BCUT2D eigenvalue weighted by atomic mass is 9.92. The molecule has 6 nitrogen and oxygen atoms in total. The van der Waals surface area contributed by atoms with E-state index in [1.165, 1.54) is 0 Å². The summed E-state index contributed by atoms with van der Waals surface area (Å²) in [6.07, 6.45) is 2.15. The summed E-state index contributed by atoms with van der Waals surface area (Å²) in [7, 11) is 0. The molecule has 1 saturated heterocycles. The van der Waals surface area contributed by atoms with Gasteiger partial charge in [-0.3, -0.25) is 4.79 Å². The van der Waals surface area contributed by atoms with Crippen LogP contribution in [0.2, 0.25) is 0 Å². The van der Waals surface area contributed by atoms with Crippen LogP contribution in [0.4, 0.5) is 0 Å². The van der Waals surface area contributed by atoms with Crippen LogP contribution in [0.3, 0.4) is 0 Å². The van der Waals surface area contributed by atoms with Crippen LogP contribution in [0.5, 0.6) is 0 Å². The molecule has 0 aromatic carbocycles. The molecule has 0 aromatic heterocycles. The second-order valence-corrected chi connectivity index (χ2v) is 5.00. The van der Waals surface area contributed by atoms with E-state index in [0.717, 1.165) is 19.3 Å². The molecule has 0 spiro atoms. The molecule has 6 heteroatoms. The van der Waals surface area contributed by atoms with Crippen molar-refractivity contribution in [3.05, 3.63) is 0 Å². The van der Waals surface area contributed by atoms with Gasteiger partial charge in [0, 0.05) is 0 Å². The van der Waals surface area contributed by atoms with Crippen LogP contribution in [0.25, 0.3) is 0 Å². The van der Waals surface area contributed by atoms with Gasteiger partial charge in [0.05, 0.1) is 12.1 Å². The molecular weight excluding hydrogens is 238 g/mol. The summed E-state index contributed by atoms with van der Waals surface area (Å²) in [5.74, 6) is -1.33. The molecule has 1 aliphatic heterocycles. The lowest BCUT2D eigenvalue weighted by Crippen LogP contribution is -2.48. The van der Waals surface area contributed by atoms with Crippen LogP contribution in [-0.2, 0) is 14.3 Å². The number of rotatable bonds is 3. The average molecular weight is 257 g/mol. The second-order valence-electron chi connectivity index (χ2n) is 5.00. The Hall–Kier alpha value is -1.14. The molecule has 2 rings (SSSR count). The zero-order valence-corrected chi connectivity index (χ0v) is 10.2. The highest BCUT2D eigenvalue weighted by molar-refractivity contribution is 5.82. The van der Waals surface area contributed by atoms with Crippen LogP contribution in [-0.4, -0.2) is 46.4 Å². The molecule has 1 saturated carbocycles. The van der Waals surface area contributed by atoms with Gasteiger partial charge >= 0.3 is 5.97 Å². The number of aliphatic carboxylic acids is 1. The topological polar surface area (TPSA) is 95.9 Å². The summed E-state index contributed by atoms with van der Waals surface area (Å²) in [4.78, 5) is 22.6. The van der Waals surface area contributed by atoms with E-state index in [1.807, 2.05) is 0 Å². The van der Waals surface area contributed by atoms with Crippen molar-refractivity contribution in [1.29, 1.82) is 0 Å². The molecule has 1 aliphatic carbocycles. The molecule has 102 valence electrons. The van der Waals surface area contributed by atoms with Crippen LogP contribution in [0.15, 0.2) is 0 Å². The van der Waals surface area contributed by atoms with E-state index < -0.39 is 24.3 Å². The molecule has 4 atom stereocenters. The van der Waals surface area contributed by atoms with Crippen LogP contribution < -0.4 is 5.32 Å². The van der Waals surface area contributed by atoms with Crippen molar-refractivity contribution in [3.8, 4) is 0 Å². The fourth-order valence-electron chi connectivity index (χ4n) is 2.57. The van der Waals surface area contributed by atoms with Crippen molar-refractivity contribution < 1.29 is 24.5 Å². The Morgan fingerprint density at radius 2 is 1.72 bits per heavy atom. The number of carboxylic acids is 1. The average Bonchev–Trinajstić information content (AvgIpc) is 2.81. The summed E-state index contributed by atoms with van der Waals surface area (Å²) >= 11 is 0. The maximum atomic E-state index is 11.9. The van der Waals surface area contributed by atoms with Gasteiger partial charge in [0.25, 0.3) is 0 Å². The van der Waals surface area contributed by atoms with Crippen LogP contribution in [0.1, 0.15) is 38.5 Å². The summed E-state index contributed by atoms with van der Waals surface area (Å²) in [5.41, 5.74) is 0. The Kier molecular flexibility index (Phi) is 4.19. The third-order valence-corrected chi connectivity index (χ3v) is 3.64. The van der Waals surface area contributed by atoms with Crippen molar-refractivity contribution in [3.63, 3.8) is 0 Å². The number of ether oxygens (including phenoxy) is 1. The quantitative estimate of drug-likeness (QED) is 0.663. The Morgan fingerprint density at radius 1 is 1.06 bits per heavy atom. The molecule has 1 heterocycles. The monoisotopic (exact) mass is 257 g/mol. The number of carboxylic acid groups (broad SMARTS) is 1. The maximum Gasteiger partial charge on any atom is 0.332 e. The SMILES string of the molecule is O=C(O)C1CCC(C(=O)NC2CCCCC2O)O1. The fraction of sp³-hybridized carbons (Fsp3) is 0.833.